The third-order valence-electron chi connectivity index (χ3n) is 7.58. The number of esters is 1. The van der Waals surface area contributed by atoms with Crippen molar-refractivity contribution in [3.05, 3.63) is 65.4 Å². The summed E-state index contributed by atoms with van der Waals surface area (Å²) >= 11 is 0. The highest BCUT2D eigenvalue weighted by Crippen LogP contribution is 2.41. The fraction of sp³-hybridized carbons (Fsp3) is 0.393. The Balaban J connectivity index is 1.59. The van der Waals surface area contributed by atoms with Crippen LogP contribution in [0.1, 0.15) is 62.2 Å². The van der Waals surface area contributed by atoms with Crippen LogP contribution < -0.4 is 10.5 Å². The Hall–Kier alpha value is -3.30. The molecule has 0 saturated carbocycles. The highest BCUT2D eigenvalue weighted by atomic mass is 32.2. The summed E-state index contributed by atoms with van der Waals surface area (Å²) in [5, 5.41) is 8.48. The lowest BCUT2D eigenvalue weighted by molar-refractivity contribution is -0.123. The van der Waals surface area contributed by atoms with E-state index in [9.17, 15) is 18.0 Å². The van der Waals surface area contributed by atoms with E-state index in [0.29, 0.717) is 22.6 Å². The van der Waals surface area contributed by atoms with Crippen LogP contribution in [-0.2, 0) is 32.4 Å². The highest BCUT2D eigenvalue weighted by Gasteiger charge is 2.35. The van der Waals surface area contributed by atoms with E-state index >= 15 is 0 Å². The fourth-order valence-electron chi connectivity index (χ4n) is 4.82. The summed E-state index contributed by atoms with van der Waals surface area (Å²) in [6.45, 7) is 8.21. The predicted molar refractivity (Wildman–Crippen MR) is 143 cm³/mol. The van der Waals surface area contributed by atoms with Gasteiger partial charge in [0, 0.05) is 16.8 Å². The number of sulfonamides is 1. The number of hydrogen-bond acceptors (Lipinski definition) is 6. The monoisotopic (exact) mass is 523 g/mol. The van der Waals surface area contributed by atoms with Crippen LogP contribution in [0, 0.1) is 11.3 Å². The van der Waals surface area contributed by atoms with Gasteiger partial charge in [0.25, 0.3) is 5.91 Å². The van der Waals surface area contributed by atoms with Gasteiger partial charge in [-0.3, -0.25) is 9.78 Å². The normalized spacial score (nSPS) is 16.6. The summed E-state index contributed by atoms with van der Waals surface area (Å²) in [6.07, 6.45) is 2.48. The smallest absolute Gasteiger partial charge is 0.339 e. The number of carbonyl (C=O) groups excluding carboxylic acids is 2. The number of hydrogen-bond donors (Lipinski definition) is 2. The Bertz CT molecular complexity index is 1450. The number of aromatic nitrogens is 1. The third-order valence-corrected chi connectivity index (χ3v) is 8.51. The Morgan fingerprint density at radius 1 is 1.16 bits per heavy atom. The van der Waals surface area contributed by atoms with Crippen molar-refractivity contribution in [1.29, 1.82) is 0 Å². The number of carbonyl (C=O) groups is 2. The summed E-state index contributed by atoms with van der Waals surface area (Å²) in [6, 6.07) is 13.0. The summed E-state index contributed by atoms with van der Waals surface area (Å²) in [5.74, 6) is -0.688. The molecule has 0 radical (unpaired) electrons. The van der Waals surface area contributed by atoms with E-state index in [1.165, 1.54) is 31.2 Å². The number of nitrogens with one attached hydrogen (secondary N) is 1. The van der Waals surface area contributed by atoms with Gasteiger partial charge in [-0.05, 0) is 73.4 Å². The average Bonchev–Trinajstić information content (AvgIpc) is 2.86. The lowest BCUT2D eigenvalue weighted by atomic mass is 9.68. The molecule has 0 bridgehead atoms. The molecule has 0 spiro atoms. The number of para-hydroxylation sites is 1. The first-order chi connectivity index (χ1) is 17.4. The van der Waals surface area contributed by atoms with Crippen molar-refractivity contribution < 1.29 is 22.7 Å². The number of fused-ring (bicyclic) bond motifs is 2. The van der Waals surface area contributed by atoms with E-state index in [-0.39, 0.29) is 10.3 Å². The zero-order valence-electron chi connectivity index (χ0n) is 21.6. The van der Waals surface area contributed by atoms with Gasteiger partial charge in [-0.15, -0.1) is 0 Å². The molecule has 3 aromatic rings. The molecule has 2 atom stereocenters. The molecule has 0 saturated heterocycles. The van der Waals surface area contributed by atoms with Crippen LogP contribution in [0.3, 0.4) is 0 Å². The van der Waals surface area contributed by atoms with Gasteiger partial charge in [-0.1, -0.05) is 45.4 Å². The first-order valence-corrected chi connectivity index (χ1v) is 14.0. The number of aryl methyl sites for hydroxylation is 1. The van der Waals surface area contributed by atoms with Crippen LogP contribution in [0.4, 0.5) is 5.69 Å². The Labute approximate surface area is 217 Å². The van der Waals surface area contributed by atoms with Crippen LogP contribution >= 0.6 is 0 Å². The minimum Gasteiger partial charge on any atom is -0.449 e. The third kappa shape index (κ3) is 5.67. The minimum absolute atomic E-state index is 0.0659. The standard InChI is InChI=1S/C28H33N3O5S/c1-5-28(3,4)18-10-15-24-22(16-18)25(21-8-6-7-9-23(21)31-24)27(33)36-17(2)26(32)30-19-11-13-20(14-12-19)37(29,34)35/h6-9,11-14,17-18H,5,10,15-16H2,1-4H3,(H,30,32)(H2,29,34,35). The largest absolute Gasteiger partial charge is 0.449 e. The molecular weight excluding hydrogens is 490 g/mol. The van der Waals surface area contributed by atoms with Crippen LogP contribution in [-0.4, -0.2) is 31.4 Å². The van der Waals surface area contributed by atoms with Crippen molar-refractivity contribution in [1.82, 2.24) is 4.98 Å². The molecule has 0 fully saturated rings. The number of anilines is 1. The van der Waals surface area contributed by atoms with E-state index in [1.54, 1.807) is 0 Å². The van der Waals surface area contributed by atoms with E-state index < -0.39 is 28.0 Å². The molecule has 196 valence electrons. The molecule has 0 aliphatic heterocycles. The van der Waals surface area contributed by atoms with Crippen molar-refractivity contribution in [2.45, 2.75) is 64.4 Å². The van der Waals surface area contributed by atoms with Gasteiger partial charge < -0.3 is 10.1 Å². The van der Waals surface area contributed by atoms with Crippen LogP contribution in [0.2, 0.25) is 0 Å². The van der Waals surface area contributed by atoms with Crippen molar-refractivity contribution in [3.63, 3.8) is 0 Å². The lowest BCUT2D eigenvalue weighted by Crippen LogP contribution is -2.33. The molecule has 1 aliphatic rings. The average molecular weight is 524 g/mol. The number of benzene rings is 2. The molecule has 2 aromatic carbocycles. The molecule has 37 heavy (non-hydrogen) atoms. The number of amides is 1. The zero-order chi connectivity index (χ0) is 27.0. The van der Waals surface area contributed by atoms with E-state index in [1.807, 2.05) is 24.3 Å². The van der Waals surface area contributed by atoms with Crippen LogP contribution in [0.15, 0.2) is 53.4 Å². The Morgan fingerprint density at radius 2 is 1.84 bits per heavy atom. The van der Waals surface area contributed by atoms with Gasteiger partial charge in [0.2, 0.25) is 10.0 Å². The zero-order valence-corrected chi connectivity index (χ0v) is 22.4. The van der Waals surface area contributed by atoms with E-state index in [2.05, 4.69) is 26.1 Å². The summed E-state index contributed by atoms with van der Waals surface area (Å²) < 4.78 is 28.6. The topological polar surface area (TPSA) is 128 Å². The fourth-order valence-corrected chi connectivity index (χ4v) is 5.34. The predicted octanol–water partition coefficient (Wildman–Crippen LogP) is 4.61. The quantitative estimate of drug-likeness (QED) is 0.435. The molecule has 2 unspecified atom stereocenters. The Morgan fingerprint density at radius 3 is 2.49 bits per heavy atom. The van der Waals surface area contributed by atoms with Gasteiger partial charge in [-0.25, -0.2) is 18.4 Å². The highest BCUT2D eigenvalue weighted by molar-refractivity contribution is 7.89. The van der Waals surface area contributed by atoms with Crippen molar-refractivity contribution >= 4 is 38.5 Å². The van der Waals surface area contributed by atoms with Crippen LogP contribution in [0.25, 0.3) is 10.9 Å². The molecule has 1 aliphatic carbocycles. The number of primary sulfonamides is 1. The molecule has 1 amide bonds. The van der Waals surface area contributed by atoms with E-state index in [0.717, 1.165) is 42.5 Å². The van der Waals surface area contributed by atoms with Crippen molar-refractivity contribution in [2.75, 3.05) is 5.32 Å². The maximum absolute atomic E-state index is 13.6. The second kappa shape index (κ2) is 10.2. The van der Waals surface area contributed by atoms with Gasteiger partial charge in [0.1, 0.15) is 0 Å². The Kier molecular flexibility index (Phi) is 7.39. The van der Waals surface area contributed by atoms with E-state index in [4.69, 9.17) is 14.9 Å². The summed E-state index contributed by atoms with van der Waals surface area (Å²) in [4.78, 5) is 31.2. The maximum Gasteiger partial charge on any atom is 0.339 e. The summed E-state index contributed by atoms with van der Waals surface area (Å²) in [7, 11) is -3.84. The van der Waals surface area contributed by atoms with Gasteiger partial charge in [-0.2, -0.15) is 0 Å². The minimum atomic E-state index is -3.84. The molecule has 1 heterocycles. The number of nitrogens with zero attached hydrogens (tertiary/aromatic N) is 1. The number of pyridine rings is 1. The lowest BCUT2D eigenvalue weighted by Gasteiger charge is -2.37. The van der Waals surface area contributed by atoms with Gasteiger partial charge in [0.05, 0.1) is 16.0 Å². The molecule has 8 nitrogen and oxygen atoms in total. The second-order valence-corrected chi connectivity index (χ2v) is 11.9. The van der Waals surface area contributed by atoms with Crippen LogP contribution in [0.5, 0.6) is 0 Å². The number of rotatable bonds is 7. The first-order valence-electron chi connectivity index (χ1n) is 12.5. The summed E-state index contributed by atoms with van der Waals surface area (Å²) in [5.41, 5.74) is 3.52. The molecule has 9 heteroatoms. The van der Waals surface area contributed by atoms with Gasteiger partial charge in [0.15, 0.2) is 6.10 Å². The number of ether oxygens (including phenoxy) is 1. The first kappa shape index (κ1) is 26.8. The molecular formula is C28H33N3O5S. The van der Waals surface area contributed by atoms with Gasteiger partial charge >= 0.3 is 5.97 Å². The second-order valence-electron chi connectivity index (χ2n) is 10.3. The SMILES string of the molecule is CCC(C)(C)C1CCc2nc3ccccc3c(C(=O)OC(C)C(=O)Nc3ccc(S(N)(=O)=O)cc3)c2C1. The number of nitrogens with two attached hydrogens (primary N) is 1. The molecule has 1 aromatic heterocycles. The van der Waals surface area contributed by atoms with Crippen molar-refractivity contribution in [2.24, 2.45) is 16.5 Å². The molecule has 4 rings (SSSR count). The molecule has 3 N–H and O–H groups in total. The maximum atomic E-state index is 13.6. The van der Waals surface area contributed by atoms with Crippen molar-refractivity contribution in [3.8, 4) is 0 Å².